The molecule has 1 aliphatic carbocycles. The van der Waals surface area contributed by atoms with E-state index in [2.05, 4.69) is 5.32 Å². The van der Waals surface area contributed by atoms with Crippen molar-refractivity contribution in [1.82, 2.24) is 5.32 Å². The molecule has 2 N–H and O–H groups in total. The first-order chi connectivity index (χ1) is 7.78. The summed E-state index contributed by atoms with van der Waals surface area (Å²) in [5.74, 6) is -0.464. The van der Waals surface area contributed by atoms with Crippen LogP contribution in [0.15, 0.2) is 0 Å². The highest BCUT2D eigenvalue weighted by Gasteiger charge is 2.33. The number of carboxylic acid groups (broad SMARTS) is 1. The van der Waals surface area contributed by atoms with E-state index in [1.807, 2.05) is 20.8 Å². The standard InChI is InChI=1S/C12H21NO4/c1-12(2,3)17-11(16)13-5-4-8-6-9(7-8)10(14)15/h8-9H,4-7H2,1-3H3,(H,13,16)(H,14,15). The van der Waals surface area contributed by atoms with Crippen LogP contribution in [0.3, 0.4) is 0 Å². The molecule has 0 heterocycles. The molecule has 1 aliphatic rings. The van der Waals surface area contributed by atoms with Gasteiger partial charge in [-0.1, -0.05) is 0 Å². The summed E-state index contributed by atoms with van der Waals surface area (Å²) in [5, 5.41) is 11.4. The molecule has 0 aromatic rings. The average Bonchev–Trinajstić information content (AvgIpc) is 2.04. The van der Waals surface area contributed by atoms with Crippen molar-refractivity contribution in [2.45, 2.75) is 45.6 Å². The molecule has 0 spiro atoms. The number of amides is 1. The molecule has 0 atom stereocenters. The highest BCUT2D eigenvalue weighted by molar-refractivity contribution is 5.71. The molecular weight excluding hydrogens is 222 g/mol. The predicted octanol–water partition coefficient (Wildman–Crippen LogP) is 2.01. The van der Waals surface area contributed by atoms with Gasteiger partial charge in [-0.25, -0.2) is 4.79 Å². The molecule has 17 heavy (non-hydrogen) atoms. The number of hydrogen-bond acceptors (Lipinski definition) is 3. The zero-order valence-corrected chi connectivity index (χ0v) is 10.7. The first kappa shape index (κ1) is 13.8. The smallest absolute Gasteiger partial charge is 0.407 e. The van der Waals surface area contributed by atoms with Gasteiger partial charge in [0.05, 0.1) is 5.92 Å². The third-order valence-electron chi connectivity index (χ3n) is 2.81. The first-order valence-electron chi connectivity index (χ1n) is 5.97. The monoisotopic (exact) mass is 243 g/mol. The minimum atomic E-state index is -0.707. The molecule has 0 aromatic carbocycles. The second kappa shape index (κ2) is 5.38. The first-order valence-corrected chi connectivity index (χ1v) is 5.97. The van der Waals surface area contributed by atoms with Crippen molar-refractivity contribution in [2.75, 3.05) is 6.54 Å². The second-order valence-electron chi connectivity index (χ2n) is 5.59. The van der Waals surface area contributed by atoms with Gasteiger partial charge in [0, 0.05) is 6.54 Å². The summed E-state index contributed by atoms with van der Waals surface area (Å²) in [6, 6.07) is 0. The van der Waals surface area contributed by atoms with E-state index in [0.717, 1.165) is 19.3 Å². The van der Waals surface area contributed by atoms with Crippen LogP contribution in [-0.4, -0.2) is 29.3 Å². The fourth-order valence-corrected chi connectivity index (χ4v) is 1.87. The van der Waals surface area contributed by atoms with E-state index in [0.29, 0.717) is 12.5 Å². The van der Waals surface area contributed by atoms with Gasteiger partial charge in [0.15, 0.2) is 0 Å². The Labute approximate surface area is 102 Å². The molecule has 5 heteroatoms. The van der Waals surface area contributed by atoms with Gasteiger partial charge >= 0.3 is 12.1 Å². The van der Waals surface area contributed by atoms with Crippen LogP contribution in [0.25, 0.3) is 0 Å². The number of carboxylic acids is 1. The summed E-state index contributed by atoms with van der Waals surface area (Å²) < 4.78 is 5.09. The van der Waals surface area contributed by atoms with E-state index in [9.17, 15) is 9.59 Å². The number of carbonyl (C=O) groups is 2. The van der Waals surface area contributed by atoms with Crippen molar-refractivity contribution in [1.29, 1.82) is 0 Å². The molecule has 5 nitrogen and oxygen atoms in total. The summed E-state index contributed by atoms with van der Waals surface area (Å²) in [4.78, 5) is 21.9. The summed E-state index contributed by atoms with van der Waals surface area (Å²) in [6.45, 7) is 5.99. The van der Waals surface area contributed by atoms with E-state index in [-0.39, 0.29) is 5.92 Å². The summed E-state index contributed by atoms with van der Waals surface area (Å²) in [7, 11) is 0. The molecule has 0 saturated heterocycles. The van der Waals surface area contributed by atoms with Gasteiger partial charge in [0.1, 0.15) is 5.60 Å². The van der Waals surface area contributed by atoms with Gasteiger partial charge in [-0.05, 0) is 46.0 Å². The van der Waals surface area contributed by atoms with Crippen LogP contribution in [0.4, 0.5) is 4.79 Å². The molecule has 0 aliphatic heterocycles. The quantitative estimate of drug-likeness (QED) is 0.792. The van der Waals surface area contributed by atoms with Crippen LogP contribution in [0.1, 0.15) is 40.0 Å². The summed E-state index contributed by atoms with van der Waals surface area (Å²) >= 11 is 0. The molecule has 1 fully saturated rings. The van der Waals surface area contributed by atoms with Crippen molar-refractivity contribution >= 4 is 12.1 Å². The molecular formula is C12H21NO4. The van der Waals surface area contributed by atoms with Gasteiger partial charge in [0.2, 0.25) is 0 Å². The van der Waals surface area contributed by atoms with Crippen molar-refractivity contribution in [2.24, 2.45) is 11.8 Å². The molecule has 1 saturated carbocycles. The number of hydrogen-bond donors (Lipinski definition) is 2. The van der Waals surface area contributed by atoms with Gasteiger partial charge < -0.3 is 15.2 Å². The topological polar surface area (TPSA) is 75.6 Å². The minimum Gasteiger partial charge on any atom is -0.481 e. The molecule has 1 amide bonds. The third-order valence-corrected chi connectivity index (χ3v) is 2.81. The average molecular weight is 243 g/mol. The number of carbonyl (C=O) groups excluding carboxylic acids is 1. The van der Waals surface area contributed by atoms with Crippen molar-refractivity contribution < 1.29 is 19.4 Å². The van der Waals surface area contributed by atoms with Gasteiger partial charge in [0.25, 0.3) is 0 Å². The zero-order valence-electron chi connectivity index (χ0n) is 10.7. The lowest BCUT2D eigenvalue weighted by molar-refractivity contribution is -0.146. The number of aliphatic carboxylic acids is 1. The highest BCUT2D eigenvalue weighted by atomic mass is 16.6. The fraction of sp³-hybridized carbons (Fsp3) is 0.833. The van der Waals surface area contributed by atoms with Crippen LogP contribution < -0.4 is 5.32 Å². The van der Waals surface area contributed by atoms with Crippen LogP contribution in [0, 0.1) is 11.8 Å². The van der Waals surface area contributed by atoms with Crippen LogP contribution in [0.5, 0.6) is 0 Å². The Morgan fingerprint density at radius 3 is 2.41 bits per heavy atom. The zero-order chi connectivity index (χ0) is 13.1. The SMILES string of the molecule is CC(C)(C)OC(=O)NCCC1CC(C(=O)O)C1. The Hall–Kier alpha value is -1.26. The maximum absolute atomic E-state index is 11.3. The Morgan fingerprint density at radius 1 is 1.35 bits per heavy atom. The molecule has 98 valence electrons. The van der Waals surface area contributed by atoms with E-state index in [1.165, 1.54) is 0 Å². The predicted molar refractivity (Wildman–Crippen MR) is 62.7 cm³/mol. The lowest BCUT2D eigenvalue weighted by Crippen LogP contribution is -2.36. The lowest BCUT2D eigenvalue weighted by Gasteiger charge is -2.32. The minimum absolute atomic E-state index is 0.179. The summed E-state index contributed by atoms with van der Waals surface area (Å²) in [6.07, 6.45) is 1.87. The number of alkyl carbamates (subject to hydrolysis) is 1. The molecule has 0 radical (unpaired) electrons. The van der Waals surface area contributed by atoms with E-state index < -0.39 is 17.7 Å². The number of ether oxygens (including phenoxy) is 1. The van der Waals surface area contributed by atoms with E-state index in [1.54, 1.807) is 0 Å². The maximum atomic E-state index is 11.3. The van der Waals surface area contributed by atoms with Gasteiger partial charge in [-0.2, -0.15) is 0 Å². The van der Waals surface area contributed by atoms with Crippen LogP contribution >= 0.6 is 0 Å². The van der Waals surface area contributed by atoms with Crippen molar-refractivity contribution in [3.05, 3.63) is 0 Å². The van der Waals surface area contributed by atoms with E-state index in [4.69, 9.17) is 9.84 Å². The normalized spacial score (nSPS) is 23.7. The lowest BCUT2D eigenvalue weighted by atomic mass is 9.73. The molecule has 0 unspecified atom stereocenters. The second-order valence-corrected chi connectivity index (χ2v) is 5.59. The Bertz CT molecular complexity index is 289. The summed E-state index contributed by atoms with van der Waals surface area (Å²) in [5.41, 5.74) is -0.477. The molecule has 1 rings (SSSR count). The Morgan fingerprint density at radius 2 is 1.94 bits per heavy atom. The van der Waals surface area contributed by atoms with Crippen molar-refractivity contribution in [3.63, 3.8) is 0 Å². The number of rotatable bonds is 4. The molecule has 0 aromatic heterocycles. The third kappa shape index (κ3) is 5.06. The van der Waals surface area contributed by atoms with E-state index >= 15 is 0 Å². The van der Waals surface area contributed by atoms with Crippen LogP contribution in [0.2, 0.25) is 0 Å². The highest BCUT2D eigenvalue weighted by Crippen LogP contribution is 2.35. The van der Waals surface area contributed by atoms with Crippen LogP contribution in [-0.2, 0) is 9.53 Å². The number of nitrogens with one attached hydrogen (secondary N) is 1. The molecule has 0 bridgehead atoms. The Kier molecular flexibility index (Phi) is 4.37. The van der Waals surface area contributed by atoms with Gasteiger partial charge in [-0.3, -0.25) is 4.79 Å². The Balaban J connectivity index is 2.06. The maximum Gasteiger partial charge on any atom is 0.407 e. The largest absolute Gasteiger partial charge is 0.481 e. The van der Waals surface area contributed by atoms with Gasteiger partial charge in [-0.15, -0.1) is 0 Å². The fourth-order valence-electron chi connectivity index (χ4n) is 1.87. The van der Waals surface area contributed by atoms with Crippen molar-refractivity contribution in [3.8, 4) is 0 Å².